The standard InChI is InChI=1S/C14H19FO3S/c1-2-19(17,18)10-4-8-14(16)9-7-11-12(14)5-3-6-13(11)15/h3,5-6,16H,2,4,7-10H2,1H3. The Morgan fingerprint density at radius 3 is 2.84 bits per heavy atom. The van der Waals surface area contributed by atoms with Crippen molar-refractivity contribution in [2.75, 3.05) is 11.5 Å². The Morgan fingerprint density at radius 1 is 1.42 bits per heavy atom. The first kappa shape index (κ1) is 14.5. The molecule has 0 aliphatic heterocycles. The van der Waals surface area contributed by atoms with Gasteiger partial charge < -0.3 is 5.11 Å². The topological polar surface area (TPSA) is 54.4 Å². The van der Waals surface area contributed by atoms with E-state index < -0.39 is 15.4 Å². The van der Waals surface area contributed by atoms with E-state index in [2.05, 4.69) is 0 Å². The van der Waals surface area contributed by atoms with Crippen molar-refractivity contribution < 1.29 is 17.9 Å². The SMILES string of the molecule is CCS(=O)(=O)CCCC1(O)CCc2c(F)cccc21. The predicted molar refractivity (Wildman–Crippen MR) is 72.2 cm³/mol. The normalized spacial score (nSPS) is 22.5. The number of hydrogen-bond donors (Lipinski definition) is 1. The van der Waals surface area contributed by atoms with Gasteiger partial charge in [0.25, 0.3) is 0 Å². The predicted octanol–water partition coefficient (Wildman–Crippen LogP) is 2.17. The molecule has 0 spiro atoms. The first-order chi connectivity index (χ1) is 8.88. The lowest BCUT2D eigenvalue weighted by Gasteiger charge is -2.24. The molecule has 1 aliphatic rings. The monoisotopic (exact) mass is 286 g/mol. The lowest BCUT2D eigenvalue weighted by Crippen LogP contribution is -2.23. The molecule has 0 aromatic heterocycles. The largest absolute Gasteiger partial charge is 0.385 e. The van der Waals surface area contributed by atoms with Gasteiger partial charge in [0.2, 0.25) is 0 Å². The van der Waals surface area contributed by atoms with Gasteiger partial charge in [-0.25, -0.2) is 12.8 Å². The van der Waals surface area contributed by atoms with Crippen LogP contribution in [0.3, 0.4) is 0 Å². The van der Waals surface area contributed by atoms with E-state index in [0.717, 1.165) is 0 Å². The van der Waals surface area contributed by atoms with E-state index in [1.165, 1.54) is 6.07 Å². The lowest BCUT2D eigenvalue weighted by molar-refractivity contribution is 0.0289. The van der Waals surface area contributed by atoms with Gasteiger partial charge in [-0.2, -0.15) is 0 Å². The summed E-state index contributed by atoms with van der Waals surface area (Å²) in [4.78, 5) is 0. The van der Waals surface area contributed by atoms with E-state index in [9.17, 15) is 17.9 Å². The maximum Gasteiger partial charge on any atom is 0.150 e. The summed E-state index contributed by atoms with van der Waals surface area (Å²) in [6, 6.07) is 4.72. The van der Waals surface area contributed by atoms with E-state index >= 15 is 0 Å². The van der Waals surface area contributed by atoms with Crippen LogP contribution in [0.15, 0.2) is 18.2 Å². The Morgan fingerprint density at radius 2 is 2.16 bits per heavy atom. The molecule has 0 bridgehead atoms. The molecule has 1 aliphatic carbocycles. The second kappa shape index (κ2) is 5.21. The molecular formula is C14H19FO3S. The molecule has 0 radical (unpaired) electrons. The molecule has 1 atom stereocenters. The summed E-state index contributed by atoms with van der Waals surface area (Å²) in [7, 11) is -3.01. The van der Waals surface area contributed by atoms with Crippen molar-refractivity contribution in [2.45, 2.75) is 38.2 Å². The molecule has 1 N–H and O–H groups in total. The van der Waals surface area contributed by atoms with Gasteiger partial charge in [0, 0.05) is 5.75 Å². The molecule has 5 heteroatoms. The van der Waals surface area contributed by atoms with Crippen LogP contribution in [0.1, 0.15) is 37.3 Å². The number of aliphatic hydroxyl groups is 1. The van der Waals surface area contributed by atoms with Crippen LogP contribution in [0, 0.1) is 5.82 Å². The van der Waals surface area contributed by atoms with Crippen molar-refractivity contribution in [3.8, 4) is 0 Å². The Bertz CT molecular complexity index is 568. The van der Waals surface area contributed by atoms with Crippen molar-refractivity contribution in [1.29, 1.82) is 0 Å². The van der Waals surface area contributed by atoms with Gasteiger partial charge in [-0.05, 0) is 42.9 Å². The quantitative estimate of drug-likeness (QED) is 0.902. The summed E-state index contributed by atoms with van der Waals surface area (Å²) in [5.41, 5.74) is 0.130. The molecule has 1 aromatic carbocycles. The Balaban J connectivity index is 2.09. The number of rotatable bonds is 5. The maximum atomic E-state index is 13.6. The minimum absolute atomic E-state index is 0.0798. The Labute approximate surface area is 113 Å². The highest BCUT2D eigenvalue weighted by Crippen LogP contribution is 2.41. The number of halogens is 1. The molecule has 0 saturated carbocycles. The molecule has 0 heterocycles. The zero-order valence-electron chi connectivity index (χ0n) is 11.0. The van der Waals surface area contributed by atoms with Crippen LogP contribution in [0.2, 0.25) is 0 Å². The van der Waals surface area contributed by atoms with Crippen molar-refractivity contribution in [3.63, 3.8) is 0 Å². The van der Waals surface area contributed by atoms with Crippen LogP contribution in [-0.4, -0.2) is 25.0 Å². The molecule has 0 amide bonds. The van der Waals surface area contributed by atoms with Crippen LogP contribution in [0.4, 0.5) is 4.39 Å². The number of sulfone groups is 1. The maximum absolute atomic E-state index is 13.6. The molecule has 0 saturated heterocycles. The zero-order valence-corrected chi connectivity index (χ0v) is 11.8. The summed E-state index contributed by atoms with van der Waals surface area (Å²) in [6.07, 6.45) is 1.75. The third-order valence-electron chi connectivity index (χ3n) is 3.89. The average molecular weight is 286 g/mol. The summed E-state index contributed by atoms with van der Waals surface area (Å²) in [6.45, 7) is 1.62. The number of fused-ring (bicyclic) bond motifs is 1. The van der Waals surface area contributed by atoms with Gasteiger partial charge in [0.05, 0.1) is 11.4 Å². The third-order valence-corrected chi connectivity index (χ3v) is 5.68. The van der Waals surface area contributed by atoms with Gasteiger partial charge in [-0.1, -0.05) is 19.1 Å². The van der Waals surface area contributed by atoms with Crippen molar-refractivity contribution >= 4 is 9.84 Å². The van der Waals surface area contributed by atoms with Crippen LogP contribution in [0.25, 0.3) is 0 Å². The van der Waals surface area contributed by atoms with Gasteiger partial charge >= 0.3 is 0 Å². The van der Waals surface area contributed by atoms with E-state index in [1.807, 2.05) is 0 Å². The van der Waals surface area contributed by atoms with Crippen LogP contribution in [-0.2, 0) is 21.9 Å². The average Bonchev–Trinajstić information content (AvgIpc) is 2.69. The number of hydrogen-bond acceptors (Lipinski definition) is 3. The minimum atomic E-state index is -3.01. The highest BCUT2D eigenvalue weighted by atomic mass is 32.2. The fraction of sp³-hybridized carbons (Fsp3) is 0.571. The molecule has 0 fully saturated rings. The third kappa shape index (κ3) is 2.98. The van der Waals surface area contributed by atoms with Gasteiger partial charge in [0.15, 0.2) is 0 Å². The van der Waals surface area contributed by atoms with Crippen LogP contribution < -0.4 is 0 Å². The van der Waals surface area contributed by atoms with E-state index in [4.69, 9.17) is 0 Å². The van der Waals surface area contributed by atoms with E-state index in [-0.39, 0.29) is 17.3 Å². The van der Waals surface area contributed by atoms with E-state index in [0.29, 0.717) is 36.8 Å². The first-order valence-electron chi connectivity index (χ1n) is 6.59. The summed E-state index contributed by atoms with van der Waals surface area (Å²) >= 11 is 0. The molecular weight excluding hydrogens is 267 g/mol. The second-order valence-corrected chi connectivity index (χ2v) is 7.61. The Hall–Kier alpha value is -0.940. The van der Waals surface area contributed by atoms with Crippen molar-refractivity contribution in [2.24, 2.45) is 0 Å². The van der Waals surface area contributed by atoms with Crippen molar-refractivity contribution in [3.05, 3.63) is 35.1 Å². The highest BCUT2D eigenvalue weighted by Gasteiger charge is 2.37. The number of benzene rings is 1. The van der Waals surface area contributed by atoms with E-state index in [1.54, 1.807) is 19.1 Å². The van der Waals surface area contributed by atoms with Gasteiger partial charge in [-0.15, -0.1) is 0 Å². The molecule has 106 valence electrons. The van der Waals surface area contributed by atoms with Crippen LogP contribution in [0.5, 0.6) is 0 Å². The van der Waals surface area contributed by atoms with Crippen LogP contribution >= 0.6 is 0 Å². The molecule has 19 heavy (non-hydrogen) atoms. The first-order valence-corrected chi connectivity index (χ1v) is 8.41. The molecule has 3 nitrogen and oxygen atoms in total. The smallest absolute Gasteiger partial charge is 0.150 e. The molecule has 2 rings (SSSR count). The summed E-state index contributed by atoms with van der Waals surface area (Å²) in [5, 5.41) is 10.6. The summed E-state index contributed by atoms with van der Waals surface area (Å²) in [5.74, 6) is -0.0813. The fourth-order valence-electron chi connectivity index (χ4n) is 2.70. The minimum Gasteiger partial charge on any atom is -0.385 e. The highest BCUT2D eigenvalue weighted by molar-refractivity contribution is 7.91. The Kier molecular flexibility index (Phi) is 3.97. The van der Waals surface area contributed by atoms with Gasteiger partial charge in [0.1, 0.15) is 15.7 Å². The van der Waals surface area contributed by atoms with Gasteiger partial charge in [-0.3, -0.25) is 0 Å². The fourth-order valence-corrected chi connectivity index (χ4v) is 3.58. The zero-order chi connectivity index (χ0) is 14.1. The molecule has 1 aromatic rings. The lowest BCUT2D eigenvalue weighted by atomic mass is 9.91. The molecule has 1 unspecified atom stereocenters. The second-order valence-electron chi connectivity index (χ2n) is 5.14. The summed E-state index contributed by atoms with van der Waals surface area (Å²) < 4.78 is 36.5. The van der Waals surface area contributed by atoms with Crippen molar-refractivity contribution in [1.82, 2.24) is 0 Å².